The Morgan fingerprint density at radius 3 is 2.33 bits per heavy atom. The van der Waals surface area contributed by atoms with Crippen LogP contribution in [-0.4, -0.2) is 62.3 Å². The van der Waals surface area contributed by atoms with E-state index in [0.29, 0.717) is 32.8 Å². The molecule has 1 unspecified atom stereocenters. The first kappa shape index (κ1) is 21.8. The minimum absolute atomic E-state index is 0.113. The van der Waals surface area contributed by atoms with Gasteiger partial charge < -0.3 is 24.0 Å². The van der Waals surface area contributed by atoms with Crippen molar-refractivity contribution in [2.24, 2.45) is 4.99 Å². The highest BCUT2D eigenvalue weighted by atomic mass is 32.2. The van der Waals surface area contributed by atoms with Gasteiger partial charge in [0.25, 0.3) is 5.91 Å². The summed E-state index contributed by atoms with van der Waals surface area (Å²) < 4.78 is 15.9. The quantitative estimate of drug-likeness (QED) is 0.663. The number of allylic oxidation sites excluding steroid dienone is 2. The molecule has 1 amide bonds. The number of fused-ring (bicyclic) bond motifs is 1. The summed E-state index contributed by atoms with van der Waals surface area (Å²) in [5.41, 5.74) is 2.48. The Hall–Kier alpha value is -2.94. The highest BCUT2D eigenvalue weighted by Crippen LogP contribution is 2.48. The fraction of sp³-hybridized carbons (Fsp3) is 0.381. The molecular weight excluding hydrogens is 406 g/mol. The Bertz CT molecular complexity index is 996. The summed E-state index contributed by atoms with van der Waals surface area (Å²) in [4.78, 5) is 34.0. The molecule has 3 rings (SSSR count). The predicted molar refractivity (Wildman–Crippen MR) is 115 cm³/mol. The maximum Gasteiger partial charge on any atom is 0.338 e. The molecule has 0 N–H and O–H groups in total. The van der Waals surface area contributed by atoms with E-state index in [0.717, 1.165) is 11.3 Å². The number of carbonyl (C=O) groups is 2. The number of carbonyl (C=O) groups excluding carboxylic acids is 2. The highest BCUT2D eigenvalue weighted by Gasteiger charge is 2.43. The topological polar surface area (TPSA) is 80.7 Å². The largest absolute Gasteiger partial charge is 0.493 e. The monoisotopic (exact) mass is 431 g/mol. The van der Waals surface area contributed by atoms with Gasteiger partial charge in [-0.15, -0.1) is 0 Å². The number of ether oxygens (including phenoxy) is 3. The molecule has 8 nitrogen and oxygen atoms in total. The zero-order valence-corrected chi connectivity index (χ0v) is 18.9. The van der Waals surface area contributed by atoms with Crippen molar-refractivity contribution in [1.29, 1.82) is 0 Å². The van der Waals surface area contributed by atoms with Crippen molar-refractivity contribution >= 4 is 28.8 Å². The molecule has 0 aliphatic carbocycles. The first-order chi connectivity index (χ1) is 14.2. The summed E-state index contributed by atoms with van der Waals surface area (Å²) in [6, 6.07) is 4.96. The number of likely N-dealkylation sites (N-methyl/N-ethyl adjacent to an activating group) is 1. The first-order valence-corrected chi connectivity index (χ1v) is 10.1. The van der Waals surface area contributed by atoms with Gasteiger partial charge in [0.1, 0.15) is 0 Å². The van der Waals surface area contributed by atoms with Crippen LogP contribution < -0.4 is 9.47 Å². The van der Waals surface area contributed by atoms with E-state index in [1.807, 2.05) is 24.0 Å². The number of rotatable bonds is 5. The zero-order valence-electron chi connectivity index (χ0n) is 18.1. The number of aliphatic imine (C=N–C) groups is 1. The normalized spacial score (nSPS) is 18.2. The van der Waals surface area contributed by atoms with Crippen LogP contribution >= 0.6 is 11.8 Å². The van der Waals surface area contributed by atoms with E-state index >= 15 is 0 Å². The molecule has 160 valence electrons. The SMILES string of the molecule is COC(=O)C1=C(C)N=C2SC(C(=O)N(C)C)=C(C)N2C1c1ccc(OC)c(OC)c1. The predicted octanol–water partition coefficient (Wildman–Crippen LogP) is 2.93. The van der Waals surface area contributed by atoms with Crippen molar-refractivity contribution in [2.45, 2.75) is 19.9 Å². The smallest absolute Gasteiger partial charge is 0.338 e. The number of nitrogens with zero attached hydrogens (tertiary/aromatic N) is 3. The molecule has 1 atom stereocenters. The second-order valence-electron chi connectivity index (χ2n) is 6.99. The molecule has 1 aromatic carbocycles. The maximum absolute atomic E-state index is 12.7. The van der Waals surface area contributed by atoms with Gasteiger partial charge in [0.05, 0.1) is 43.5 Å². The number of thioether (sulfide) groups is 1. The lowest BCUT2D eigenvalue weighted by Gasteiger charge is -2.35. The second-order valence-corrected chi connectivity index (χ2v) is 7.97. The molecule has 2 heterocycles. The van der Waals surface area contributed by atoms with Gasteiger partial charge in [-0.25, -0.2) is 9.79 Å². The third-order valence-corrected chi connectivity index (χ3v) is 6.15. The van der Waals surface area contributed by atoms with Crippen LogP contribution in [-0.2, 0) is 14.3 Å². The van der Waals surface area contributed by atoms with E-state index in [-0.39, 0.29) is 5.91 Å². The zero-order chi connectivity index (χ0) is 22.2. The van der Waals surface area contributed by atoms with Crippen LogP contribution in [0.5, 0.6) is 11.5 Å². The number of benzene rings is 1. The van der Waals surface area contributed by atoms with Crippen LogP contribution in [0, 0.1) is 0 Å². The van der Waals surface area contributed by atoms with Crippen molar-refractivity contribution in [2.75, 3.05) is 35.4 Å². The van der Waals surface area contributed by atoms with E-state index in [1.165, 1.54) is 23.8 Å². The van der Waals surface area contributed by atoms with Gasteiger partial charge in [-0.05, 0) is 43.3 Å². The Morgan fingerprint density at radius 2 is 1.77 bits per heavy atom. The Balaban J connectivity index is 2.21. The second kappa shape index (κ2) is 8.43. The highest BCUT2D eigenvalue weighted by molar-refractivity contribution is 8.18. The van der Waals surface area contributed by atoms with Crippen molar-refractivity contribution in [1.82, 2.24) is 9.80 Å². The standard InChI is InChI=1S/C21H25N3O5S/c1-11-16(20(26)29-7)17(13-8-9-14(27-5)15(10-13)28-6)24-12(2)18(19(25)23(3)4)30-21(24)22-11/h8-10,17H,1-7H3. The van der Waals surface area contributed by atoms with Gasteiger partial charge in [-0.1, -0.05) is 6.07 Å². The van der Waals surface area contributed by atoms with E-state index in [1.54, 1.807) is 41.3 Å². The molecule has 2 aliphatic heterocycles. The lowest BCUT2D eigenvalue weighted by molar-refractivity contribution is -0.136. The molecule has 9 heteroatoms. The van der Waals surface area contributed by atoms with Gasteiger partial charge in [-0.3, -0.25) is 4.79 Å². The van der Waals surface area contributed by atoms with Crippen molar-refractivity contribution in [3.8, 4) is 11.5 Å². The van der Waals surface area contributed by atoms with E-state index in [9.17, 15) is 9.59 Å². The van der Waals surface area contributed by atoms with Crippen LogP contribution in [0.3, 0.4) is 0 Å². The Morgan fingerprint density at radius 1 is 1.10 bits per heavy atom. The Kier molecular flexibility index (Phi) is 6.12. The number of hydrogen-bond donors (Lipinski definition) is 0. The molecule has 0 radical (unpaired) electrons. The van der Waals surface area contributed by atoms with Crippen molar-refractivity contribution in [3.63, 3.8) is 0 Å². The van der Waals surface area contributed by atoms with Gasteiger partial charge in [-0.2, -0.15) is 0 Å². The number of amidine groups is 1. The van der Waals surface area contributed by atoms with E-state index in [2.05, 4.69) is 4.99 Å². The molecule has 0 aromatic heterocycles. The lowest BCUT2D eigenvalue weighted by atomic mass is 9.93. The number of amides is 1. The van der Waals surface area contributed by atoms with E-state index in [4.69, 9.17) is 14.2 Å². The van der Waals surface area contributed by atoms with Crippen molar-refractivity contribution in [3.05, 3.63) is 45.6 Å². The number of methoxy groups -OCH3 is 3. The van der Waals surface area contributed by atoms with Crippen LogP contribution in [0.2, 0.25) is 0 Å². The molecule has 0 saturated heterocycles. The summed E-state index contributed by atoms with van der Waals surface area (Å²) in [5, 5.41) is 0.641. The third-order valence-electron chi connectivity index (χ3n) is 5.00. The summed E-state index contributed by atoms with van der Waals surface area (Å²) >= 11 is 1.30. The number of esters is 1. The Labute approximate surface area is 180 Å². The van der Waals surface area contributed by atoms with Crippen LogP contribution in [0.4, 0.5) is 0 Å². The van der Waals surface area contributed by atoms with Gasteiger partial charge in [0.15, 0.2) is 16.7 Å². The molecule has 0 saturated carbocycles. The third kappa shape index (κ3) is 3.54. The minimum Gasteiger partial charge on any atom is -0.493 e. The average Bonchev–Trinajstić information content (AvgIpc) is 3.06. The summed E-state index contributed by atoms with van der Waals surface area (Å²) in [6.45, 7) is 3.63. The van der Waals surface area contributed by atoms with Crippen LogP contribution in [0.15, 0.2) is 45.1 Å². The van der Waals surface area contributed by atoms with Gasteiger partial charge in [0.2, 0.25) is 0 Å². The average molecular weight is 432 g/mol. The molecule has 1 aromatic rings. The molecule has 0 bridgehead atoms. The van der Waals surface area contributed by atoms with Crippen LogP contribution in [0.25, 0.3) is 0 Å². The molecular formula is C21H25N3O5S. The van der Waals surface area contributed by atoms with Crippen molar-refractivity contribution < 1.29 is 23.8 Å². The fourth-order valence-corrected chi connectivity index (χ4v) is 4.71. The summed E-state index contributed by atoms with van der Waals surface area (Å²) in [6.07, 6.45) is 0. The fourth-order valence-electron chi connectivity index (χ4n) is 3.49. The molecule has 0 fully saturated rings. The summed E-state index contributed by atoms with van der Waals surface area (Å²) in [7, 11) is 7.88. The summed E-state index contributed by atoms with van der Waals surface area (Å²) in [5.74, 6) is 0.537. The lowest BCUT2D eigenvalue weighted by Crippen LogP contribution is -2.36. The molecule has 2 aliphatic rings. The minimum atomic E-state index is -0.523. The molecule has 30 heavy (non-hydrogen) atoms. The van der Waals surface area contributed by atoms with Gasteiger partial charge >= 0.3 is 5.97 Å². The maximum atomic E-state index is 12.7. The van der Waals surface area contributed by atoms with Gasteiger partial charge in [0, 0.05) is 19.8 Å². The molecule has 0 spiro atoms. The van der Waals surface area contributed by atoms with E-state index < -0.39 is 12.0 Å². The van der Waals surface area contributed by atoms with Crippen LogP contribution in [0.1, 0.15) is 25.5 Å². The number of hydrogen-bond acceptors (Lipinski definition) is 8. The first-order valence-electron chi connectivity index (χ1n) is 9.24.